The molecule has 0 bridgehead atoms. The highest BCUT2D eigenvalue weighted by Crippen LogP contribution is 2.25. The van der Waals surface area contributed by atoms with E-state index in [0.29, 0.717) is 5.25 Å². The minimum Gasteiger partial charge on any atom is -0.396 e. The summed E-state index contributed by atoms with van der Waals surface area (Å²) in [7, 11) is 0. The van der Waals surface area contributed by atoms with Crippen LogP contribution in [-0.2, 0) is 0 Å². The molecule has 1 saturated heterocycles. The lowest BCUT2D eigenvalue weighted by Crippen LogP contribution is -2.23. The Hall–Kier alpha value is -0.550. The van der Waals surface area contributed by atoms with Crippen LogP contribution in [0.3, 0.4) is 0 Å². The summed E-state index contributed by atoms with van der Waals surface area (Å²) in [5, 5.41) is 4.02. The first-order valence-corrected chi connectivity index (χ1v) is 7.61. The minimum atomic E-state index is 0.682. The average molecular weight is 255 g/mol. The molecule has 1 fully saturated rings. The standard InChI is InChI=1S/C11H17N3S2/c1-8-4-10(12)11(13-5-8)14-6-9-7-15-2-3-16-9/h4-5,9H,2-3,6-7,12H2,1H3,(H,13,14). The number of nitrogens with zero attached hydrogens (tertiary/aromatic N) is 1. The zero-order valence-electron chi connectivity index (χ0n) is 9.40. The zero-order chi connectivity index (χ0) is 11.4. The van der Waals surface area contributed by atoms with Gasteiger partial charge in [0.1, 0.15) is 5.82 Å². The predicted molar refractivity (Wildman–Crippen MR) is 75.4 cm³/mol. The molecule has 2 heterocycles. The first kappa shape index (κ1) is 11.9. The Kier molecular flexibility index (Phi) is 4.23. The van der Waals surface area contributed by atoms with Crippen LogP contribution >= 0.6 is 23.5 Å². The van der Waals surface area contributed by atoms with E-state index in [4.69, 9.17) is 5.73 Å². The van der Waals surface area contributed by atoms with Gasteiger partial charge in [-0.25, -0.2) is 4.98 Å². The third-order valence-electron chi connectivity index (χ3n) is 2.44. The van der Waals surface area contributed by atoms with Crippen LogP contribution in [0.4, 0.5) is 11.5 Å². The number of aryl methyl sites for hydroxylation is 1. The van der Waals surface area contributed by atoms with Crippen molar-refractivity contribution in [3.05, 3.63) is 17.8 Å². The second-order valence-electron chi connectivity index (χ2n) is 3.90. The number of nitrogens with two attached hydrogens (primary N) is 1. The predicted octanol–water partition coefficient (Wildman–Crippen LogP) is 2.23. The van der Waals surface area contributed by atoms with Crippen molar-refractivity contribution in [3.8, 4) is 0 Å². The summed E-state index contributed by atoms with van der Waals surface area (Å²) in [5.41, 5.74) is 7.75. The number of anilines is 2. The van der Waals surface area contributed by atoms with E-state index in [9.17, 15) is 0 Å². The number of rotatable bonds is 3. The number of nitrogen functional groups attached to an aromatic ring is 1. The fraction of sp³-hybridized carbons (Fsp3) is 0.545. The normalized spacial score (nSPS) is 20.7. The maximum atomic E-state index is 5.90. The Morgan fingerprint density at radius 1 is 1.56 bits per heavy atom. The van der Waals surface area contributed by atoms with Gasteiger partial charge in [-0.3, -0.25) is 0 Å². The van der Waals surface area contributed by atoms with E-state index in [1.807, 2.05) is 42.7 Å². The first-order valence-electron chi connectivity index (χ1n) is 5.41. The van der Waals surface area contributed by atoms with Gasteiger partial charge in [-0.15, -0.1) is 0 Å². The van der Waals surface area contributed by atoms with Crippen molar-refractivity contribution in [3.63, 3.8) is 0 Å². The van der Waals surface area contributed by atoms with Crippen molar-refractivity contribution in [2.24, 2.45) is 0 Å². The van der Waals surface area contributed by atoms with Crippen LogP contribution in [0.2, 0.25) is 0 Å². The molecule has 1 unspecified atom stereocenters. The van der Waals surface area contributed by atoms with Gasteiger partial charge in [-0.1, -0.05) is 0 Å². The van der Waals surface area contributed by atoms with E-state index in [-0.39, 0.29) is 0 Å². The Bertz CT molecular complexity index is 351. The second kappa shape index (κ2) is 5.68. The van der Waals surface area contributed by atoms with E-state index in [1.54, 1.807) is 0 Å². The highest BCUT2D eigenvalue weighted by Gasteiger charge is 2.14. The molecular weight excluding hydrogens is 238 g/mol. The van der Waals surface area contributed by atoms with Gasteiger partial charge in [-0.2, -0.15) is 23.5 Å². The minimum absolute atomic E-state index is 0.682. The quantitative estimate of drug-likeness (QED) is 0.867. The van der Waals surface area contributed by atoms with Crippen LogP contribution in [0, 0.1) is 6.92 Å². The van der Waals surface area contributed by atoms with Crippen LogP contribution in [0.15, 0.2) is 12.3 Å². The molecular formula is C11H17N3S2. The number of pyridine rings is 1. The molecule has 1 atom stereocenters. The lowest BCUT2D eigenvalue weighted by molar-refractivity contribution is 0.993. The molecule has 1 aliphatic heterocycles. The van der Waals surface area contributed by atoms with Crippen LogP contribution in [-0.4, -0.2) is 34.0 Å². The maximum Gasteiger partial charge on any atom is 0.149 e. The summed E-state index contributed by atoms with van der Waals surface area (Å²) in [6, 6.07) is 1.96. The number of hydrogen-bond acceptors (Lipinski definition) is 5. The van der Waals surface area contributed by atoms with E-state index < -0.39 is 0 Å². The largest absolute Gasteiger partial charge is 0.396 e. The van der Waals surface area contributed by atoms with Crippen molar-refractivity contribution in [1.29, 1.82) is 0 Å². The van der Waals surface area contributed by atoms with E-state index in [1.165, 1.54) is 17.3 Å². The SMILES string of the molecule is Cc1cnc(NCC2CSCCS2)c(N)c1. The maximum absolute atomic E-state index is 5.90. The summed E-state index contributed by atoms with van der Waals surface area (Å²) < 4.78 is 0. The monoisotopic (exact) mass is 255 g/mol. The molecule has 1 aliphatic rings. The fourth-order valence-electron chi connectivity index (χ4n) is 1.60. The molecule has 0 saturated carbocycles. The molecule has 0 aliphatic carbocycles. The number of thioether (sulfide) groups is 2. The summed E-state index contributed by atoms with van der Waals surface area (Å²) in [5.74, 6) is 4.59. The Morgan fingerprint density at radius 2 is 2.44 bits per heavy atom. The van der Waals surface area contributed by atoms with E-state index in [2.05, 4.69) is 10.3 Å². The third kappa shape index (κ3) is 3.22. The molecule has 0 spiro atoms. The Balaban J connectivity index is 1.88. The lowest BCUT2D eigenvalue weighted by Gasteiger charge is -2.21. The topological polar surface area (TPSA) is 50.9 Å². The van der Waals surface area contributed by atoms with Gasteiger partial charge < -0.3 is 11.1 Å². The lowest BCUT2D eigenvalue weighted by atomic mass is 10.3. The van der Waals surface area contributed by atoms with Crippen molar-refractivity contribution in [2.75, 3.05) is 34.9 Å². The fourth-order valence-corrected chi connectivity index (χ4v) is 4.22. The van der Waals surface area contributed by atoms with Crippen LogP contribution in [0.25, 0.3) is 0 Å². The average Bonchev–Trinajstić information content (AvgIpc) is 2.29. The Morgan fingerprint density at radius 3 is 3.12 bits per heavy atom. The van der Waals surface area contributed by atoms with Crippen LogP contribution in [0.5, 0.6) is 0 Å². The van der Waals surface area contributed by atoms with Gasteiger partial charge >= 0.3 is 0 Å². The smallest absolute Gasteiger partial charge is 0.149 e. The molecule has 3 N–H and O–H groups in total. The zero-order valence-corrected chi connectivity index (χ0v) is 11.0. The highest BCUT2D eigenvalue weighted by atomic mass is 32.2. The summed E-state index contributed by atoms with van der Waals surface area (Å²) in [6.07, 6.45) is 1.85. The van der Waals surface area contributed by atoms with Gasteiger partial charge in [0.15, 0.2) is 0 Å². The van der Waals surface area contributed by atoms with Gasteiger partial charge in [-0.05, 0) is 18.6 Å². The van der Waals surface area contributed by atoms with E-state index >= 15 is 0 Å². The van der Waals surface area contributed by atoms with Crippen LogP contribution in [0.1, 0.15) is 5.56 Å². The molecule has 3 nitrogen and oxygen atoms in total. The number of aromatic nitrogens is 1. The molecule has 1 aromatic heterocycles. The summed E-state index contributed by atoms with van der Waals surface area (Å²) in [6.45, 7) is 2.96. The van der Waals surface area contributed by atoms with Gasteiger partial charge in [0.05, 0.1) is 5.69 Å². The summed E-state index contributed by atoms with van der Waals surface area (Å²) in [4.78, 5) is 4.31. The second-order valence-corrected chi connectivity index (χ2v) is 6.46. The molecule has 2 rings (SSSR count). The molecule has 0 radical (unpaired) electrons. The molecule has 1 aromatic rings. The van der Waals surface area contributed by atoms with E-state index in [0.717, 1.165) is 23.6 Å². The van der Waals surface area contributed by atoms with Crippen molar-refractivity contribution in [1.82, 2.24) is 4.98 Å². The van der Waals surface area contributed by atoms with Crippen molar-refractivity contribution in [2.45, 2.75) is 12.2 Å². The third-order valence-corrected chi connectivity index (χ3v) is 5.28. The van der Waals surface area contributed by atoms with Crippen LogP contribution < -0.4 is 11.1 Å². The van der Waals surface area contributed by atoms with Gasteiger partial charge in [0, 0.05) is 35.3 Å². The summed E-state index contributed by atoms with van der Waals surface area (Å²) >= 11 is 4.07. The number of hydrogen-bond donors (Lipinski definition) is 2. The molecule has 16 heavy (non-hydrogen) atoms. The highest BCUT2D eigenvalue weighted by molar-refractivity contribution is 8.06. The molecule has 5 heteroatoms. The van der Waals surface area contributed by atoms with Crippen molar-refractivity contribution < 1.29 is 0 Å². The number of nitrogens with one attached hydrogen (secondary N) is 1. The molecule has 0 amide bonds. The first-order chi connectivity index (χ1) is 7.75. The molecule has 88 valence electrons. The van der Waals surface area contributed by atoms with Gasteiger partial charge in [0.25, 0.3) is 0 Å². The van der Waals surface area contributed by atoms with Gasteiger partial charge in [0.2, 0.25) is 0 Å². The van der Waals surface area contributed by atoms with Crippen molar-refractivity contribution >= 4 is 35.0 Å². The molecule has 0 aromatic carbocycles. The Labute approximate surface area is 105 Å².